The van der Waals surface area contributed by atoms with Crippen LogP contribution in [0, 0.1) is 5.92 Å². The predicted octanol–water partition coefficient (Wildman–Crippen LogP) is 9.17. The summed E-state index contributed by atoms with van der Waals surface area (Å²) in [5, 5.41) is 18.3. The minimum Gasteiger partial charge on any atom is -0.462 e. The van der Waals surface area contributed by atoms with Gasteiger partial charge in [-0.1, -0.05) is 133 Å². The minimum atomic E-state index is -4.63. The zero-order valence-corrected chi connectivity index (χ0v) is 34.2. The Bertz CT molecular complexity index is 1160. The Balaban J connectivity index is 2.31. The van der Waals surface area contributed by atoms with Crippen LogP contribution >= 0.6 is 7.82 Å². The molecule has 0 spiro atoms. The first kappa shape index (κ1) is 49.6. The van der Waals surface area contributed by atoms with E-state index in [9.17, 15) is 24.2 Å². The first-order valence-electron chi connectivity index (χ1n) is 20.2. The van der Waals surface area contributed by atoms with E-state index in [0.29, 0.717) is 25.0 Å². The lowest BCUT2D eigenvalue weighted by atomic mass is 10.0. The number of unbranched alkanes of at least 4 members (excludes halogenated alkanes) is 7. The molecule has 0 amide bonds. The average Bonchev–Trinajstić information content (AvgIpc) is 3.90. The van der Waals surface area contributed by atoms with Crippen molar-refractivity contribution < 1.29 is 52.5 Å². The molecule has 1 rings (SSSR count). The molecule has 12 heteroatoms. The fraction of sp³-hybridized carbons (Fsp3) is 0.714. The molecule has 3 N–H and O–H groups in total. The van der Waals surface area contributed by atoms with Gasteiger partial charge in [-0.3, -0.25) is 18.6 Å². The van der Waals surface area contributed by atoms with E-state index >= 15 is 0 Å². The Labute approximate surface area is 325 Å². The number of allylic oxidation sites excluding steroid dienone is 8. The van der Waals surface area contributed by atoms with Crippen LogP contribution in [-0.2, 0) is 37.4 Å². The molecule has 1 aliphatic rings. The standard InChI is InChI=1S/C42H71O11P/c1-4-5-22-28-39-40(53-39)29-24-19-15-10-8-6-7-9-11-16-20-25-30-41(45)49-34-38(35-51-54(47,48)50-33-37(44)32-43)52-42(46)31-26-21-17-13-12-14-18-23-27-36(2)3/h5,7-10,16,19-20,22,24,36-40,43-44H,4,6,11-15,17-18,21,23,25-35H2,1-3H3,(H,47,48)/b9-7-,10-8-,20-16-,22-5-,24-19-/t37-,38+,39?,40?/m0/s1. The van der Waals surface area contributed by atoms with Gasteiger partial charge in [0.15, 0.2) is 6.10 Å². The van der Waals surface area contributed by atoms with Crippen LogP contribution in [0.2, 0.25) is 0 Å². The summed E-state index contributed by atoms with van der Waals surface area (Å²) >= 11 is 0. The SMILES string of the molecule is CC/C=C\CC1OC1C/C=C\C/C=C\C/C=C\C/C=C\CCC(=O)OC[C@H](COP(=O)(O)OC[C@@H](O)CO)OC(=O)CCCCCCCCCCC(C)C. The number of epoxide rings is 1. The molecule has 11 nitrogen and oxygen atoms in total. The Kier molecular flexibility index (Phi) is 30.2. The highest BCUT2D eigenvalue weighted by Gasteiger charge is 2.36. The lowest BCUT2D eigenvalue weighted by Crippen LogP contribution is -2.29. The van der Waals surface area contributed by atoms with Crippen LogP contribution in [0.5, 0.6) is 0 Å². The molecule has 0 aromatic rings. The molecule has 0 aromatic heterocycles. The van der Waals surface area contributed by atoms with Gasteiger partial charge in [0.2, 0.25) is 0 Å². The van der Waals surface area contributed by atoms with Crippen molar-refractivity contribution in [2.75, 3.05) is 26.4 Å². The number of carbonyl (C=O) groups excluding carboxylic acids is 2. The molecule has 0 saturated carbocycles. The van der Waals surface area contributed by atoms with Crippen molar-refractivity contribution >= 4 is 19.8 Å². The van der Waals surface area contributed by atoms with Crippen molar-refractivity contribution in [3.05, 3.63) is 60.8 Å². The van der Waals surface area contributed by atoms with Gasteiger partial charge < -0.3 is 29.3 Å². The molecule has 0 radical (unpaired) electrons. The monoisotopic (exact) mass is 782 g/mol. The molecule has 5 atom stereocenters. The summed E-state index contributed by atoms with van der Waals surface area (Å²) in [6.07, 6.45) is 35.5. The summed E-state index contributed by atoms with van der Waals surface area (Å²) in [4.78, 5) is 34.8. The second-order valence-corrected chi connectivity index (χ2v) is 15.6. The van der Waals surface area contributed by atoms with Crippen LogP contribution in [0.1, 0.15) is 136 Å². The third kappa shape index (κ3) is 30.9. The van der Waals surface area contributed by atoms with E-state index in [1.165, 1.54) is 32.1 Å². The quantitative estimate of drug-likeness (QED) is 0.0185. The van der Waals surface area contributed by atoms with E-state index in [1.807, 2.05) is 12.2 Å². The number of esters is 2. The van der Waals surface area contributed by atoms with Gasteiger partial charge in [-0.25, -0.2) is 4.57 Å². The highest BCUT2D eigenvalue weighted by molar-refractivity contribution is 7.47. The van der Waals surface area contributed by atoms with Crippen LogP contribution in [0.15, 0.2) is 60.8 Å². The molecule has 1 heterocycles. The van der Waals surface area contributed by atoms with Gasteiger partial charge in [0.1, 0.15) is 12.7 Å². The summed E-state index contributed by atoms with van der Waals surface area (Å²) in [5.74, 6) is -0.286. The van der Waals surface area contributed by atoms with Gasteiger partial charge in [-0.05, 0) is 57.3 Å². The molecule has 1 aliphatic heterocycles. The fourth-order valence-electron chi connectivity index (χ4n) is 5.30. The summed E-state index contributed by atoms with van der Waals surface area (Å²) < 4.78 is 38.2. The average molecular weight is 783 g/mol. The topological polar surface area (TPSA) is 161 Å². The van der Waals surface area contributed by atoms with Gasteiger partial charge in [-0.15, -0.1) is 0 Å². The number of hydrogen-bond acceptors (Lipinski definition) is 10. The Hall–Kier alpha value is -2.37. The first-order chi connectivity index (χ1) is 26.1. The van der Waals surface area contributed by atoms with Crippen molar-refractivity contribution in [3.63, 3.8) is 0 Å². The largest absolute Gasteiger partial charge is 0.472 e. The number of rotatable bonds is 35. The minimum absolute atomic E-state index is 0.111. The van der Waals surface area contributed by atoms with E-state index in [2.05, 4.69) is 73.9 Å². The third-order valence-electron chi connectivity index (χ3n) is 8.53. The van der Waals surface area contributed by atoms with Crippen LogP contribution in [0.3, 0.4) is 0 Å². The van der Waals surface area contributed by atoms with Gasteiger partial charge in [-0.2, -0.15) is 0 Å². The van der Waals surface area contributed by atoms with Gasteiger partial charge in [0, 0.05) is 12.8 Å². The fourth-order valence-corrected chi connectivity index (χ4v) is 6.09. The molecule has 1 fully saturated rings. The second kappa shape index (κ2) is 32.8. The molecule has 0 bridgehead atoms. The lowest BCUT2D eigenvalue weighted by Gasteiger charge is -2.20. The van der Waals surface area contributed by atoms with E-state index in [4.69, 9.17) is 23.8 Å². The van der Waals surface area contributed by atoms with Crippen molar-refractivity contribution in [2.24, 2.45) is 5.92 Å². The molecule has 54 heavy (non-hydrogen) atoms. The number of aliphatic hydroxyl groups excluding tert-OH is 2. The van der Waals surface area contributed by atoms with E-state index in [0.717, 1.165) is 63.7 Å². The maximum atomic E-state index is 12.5. The second-order valence-electron chi connectivity index (χ2n) is 14.1. The summed E-state index contributed by atoms with van der Waals surface area (Å²) in [5.41, 5.74) is 0. The summed E-state index contributed by atoms with van der Waals surface area (Å²) in [6.45, 7) is 4.41. The summed E-state index contributed by atoms with van der Waals surface area (Å²) in [7, 11) is -4.63. The van der Waals surface area contributed by atoms with E-state index < -0.39 is 51.8 Å². The van der Waals surface area contributed by atoms with Crippen molar-refractivity contribution in [1.29, 1.82) is 0 Å². The maximum Gasteiger partial charge on any atom is 0.472 e. The molecule has 0 aliphatic carbocycles. The molecule has 0 aromatic carbocycles. The van der Waals surface area contributed by atoms with Crippen LogP contribution in [-0.4, -0.2) is 77.9 Å². The lowest BCUT2D eigenvalue weighted by molar-refractivity contribution is -0.161. The molecule has 310 valence electrons. The van der Waals surface area contributed by atoms with E-state index in [-0.39, 0.29) is 19.4 Å². The van der Waals surface area contributed by atoms with Crippen molar-refractivity contribution in [1.82, 2.24) is 0 Å². The highest BCUT2D eigenvalue weighted by Crippen LogP contribution is 2.43. The number of hydrogen-bond donors (Lipinski definition) is 3. The Morgan fingerprint density at radius 2 is 1.24 bits per heavy atom. The van der Waals surface area contributed by atoms with Crippen molar-refractivity contribution in [2.45, 2.75) is 161 Å². The highest BCUT2D eigenvalue weighted by atomic mass is 31.2. The number of carbonyl (C=O) groups is 2. The van der Waals surface area contributed by atoms with Crippen molar-refractivity contribution in [3.8, 4) is 0 Å². The first-order valence-corrected chi connectivity index (χ1v) is 21.7. The van der Waals surface area contributed by atoms with Crippen LogP contribution in [0.25, 0.3) is 0 Å². The number of phosphoric ester groups is 1. The number of aliphatic hydroxyl groups is 2. The zero-order valence-electron chi connectivity index (χ0n) is 33.3. The van der Waals surface area contributed by atoms with E-state index in [1.54, 1.807) is 0 Å². The van der Waals surface area contributed by atoms with Gasteiger partial charge in [0.05, 0.1) is 32.0 Å². The normalized spacial score (nSPS) is 18.4. The zero-order chi connectivity index (χ0) is 39.7. The van der Waals surface area contributed by atoms with Gasteiger partial charge in [0.25, 0.3) is 0 Å². The number of ether oxygens (including phenoxy) is 3. The number of phosphoric acid groups is 1. The molecule has 3 unspecified atom stereocenters. The van der Waals surface area contributed by atoms with Gasteiger partial charge >= 0.3 is 19.8 Å². The molecule has 1 saturated heterocycles. The molecular weight excluding hydrogens is 711 g/mol. The molecular formula is C42H71O11P. The Morgan fingerprint density at radius 1 is 0.704 bits per heavy atom. The maximum absolute atomic E-state index is 12.5. The summed E-state index contributed by atoms with van der Waals surface area (Å²) in [6, 6.07) is 0. The van der Waals surface area contributed by atoms with Crippen LogP contribution in [0.4, 0.5) is 0 Å². The Morgan fingerprint density at radius 3 is 1.83 bits per heavy atom. The smallest absolute Gasteiger partial charge is 0.462 e. The third-order valence-corrected chi connectivity index (χ3v) is 9.48. The van der Waals surface area contributed by atoms with Crippen LogP contribution < -0.4 is 0 Å². The predicted molar refractivity (Wildman–Crippen MR) is 214 cm³/mol.